The third-order valence-corrected chi connectivity index (χ3v) is 4.43. The first-order valence-electron chi connectivity index (χ1n) is 6.78. The fourth-order valence-electron chi connectivity index (χ4n) is 3.08. The van der Waals surface area contributed by atoms with Crippen LogP contribution in [0.25, 0.3) is 0 Å². The predicted octanol–water partition coefficient (Wildman–Crippen LogP) is 2.81. The summed E-state index contributed by atoms with van der Waals surface area (Å²) in [5.74, 6) is 3.10. The minimum Gasteiger partial charge on any atom is -0.339 e. The Morgan fingerprint density at radius 1 is 1.39 bits per heavy atom. The van der Waals surface area contributed by atoms with Gasteiger partial charge in [-0.2, -0.15) is 4.98 Å². The van der Waals surface area contributed by atoms with Crippen LogP contribution in [-0.4, -0.2) is 10.1 Å². The lowest BCUT2D eigenvalue weighted by atomic mass is 9.77. The molecule has 1 aromatic rings. The maximum atomic E-state index is 6.18. The average Bonchev–Trinajstić information content (AvgIpc) is 2.85. The van der Waals surface area contributed by atoms with Gasteiger partial charge in [0.1, 0.15) is 0 Å². The van der Waals surface area contributed by atoms with E-state index in [0.29, 0.717) is 0 Å². The van der Waals surface area contributed by atoms with Gasteiger partial charge in [0, 0.05) is 6.42 Å². The van der Waals surface area contributed by atoms with Crippen molar-refractivity contribution in [3.8, 4) is 0 Å². The molecule has 2 aliphatic carbocycles. The Bertz CT molecular complexity index is 403. The summed E-state index contributed by atoms with van der Waals surface area (Å²) in [4.78, 5) is 4.49. The topological polar surface area (TPSA) is 64.9 Å². The Kier molecular flexibility index (Phi) is 3.97. The highest BCUT2D eigenvalue weighted by Crippen LogP contribution is 2.37. The minimum atomic E-state index is -0.287. The second-order valence-corrected chi connectivity index (χ2v) is 6.01. The maximum Gasteiger partial charge on any atom is 0.226 e. The Balaban J connectivity index is 0.00000120. The summed E-state index contributed by atoms with van der Waals surface area (Å²) in [6, 6.07) is 0. The summed E-state index contributed by atoms with van der Waals surface area (Å²) in [5.41, 5.74) is 5.90. The fraction of sp³-hybridized carbons (Fsp3) is 0.846. The summed E-state index contributed by atoms with van der Waals surface area (Å²) in [6.45, 7) is 2.32. The summed E-state index contributed by atoms with van der Waals surface area (Å²) >= 11 is 0. The first-order chi connectivity index (χ1) is 8.16. The van der Waals surface area contributed by atoms with E-state index in [4.69, 9.17) is 10.3 Å². The molecule has 0 spiro atoms. The molecule has 0 aromatic carbocycles. The van der Waals surface area contributed by atoms with Crippen molar-refractivity contribution >= 4 is 12.4 Å². The molecule has 5 heteroatoms. The van der Waals surface area contributed by atoms with Crippen LogP contribution in [-0.2, 0) is 12.0 Å². The fourth-order valence-corrected chi connectivity index (χ4v) is 3.08. The molecule has 2 unspecified atom stereocenters. The van der Waals surface area contributed by atoms with Gasteiger partial charge in [-0.3, -0.25) is 0 Å². The molecule has 0 radical (unpaired) electrons. The van der Waals surface area contributed by atoms with Gasteiger partial charge >= 0.3 is 0 Å². The van der Waals surface area contributed by atoms with Crippen LogP contribution in [0.2, 0.25) is 0 Å². The monoisotopic (exact) mass is 271 g/mol. The predicted molar refractivity (Wildman–Crippen MR) is 71.5 cm³/mol. The second-order valence-electron chi connectivity index (χ2n) is 6.01. The van der Waals surface area contributed by atoms with Crippen LogP contribution in [0.15, 0.2) is 4.52 Å². The molecule has 0 saturated heterocycles. The Morgan fingerprint density at radius 3 is 2.72 bits per heavy atom. The van der Waals surface area contributed by atoms with Gasteiger partial charge in [-0.1, -0.05) is 18.5 Å². The number of aromatic nitrogens is 2. The Morgan fingerprint density at radius 2 is 2.17 bits per heavy atom. The molecule has 1 aromatic heterocycles. The van der Waals surface area contributed by atoms with Gasteiger partial charge in [-0.05, 0) is 43.9 Å². The van der Waals surface area contributed by atoms with Crippen LogP contribution in [0.1, 0.15) is 57.2 Å². The molecular weight excluding hydrogens is 250 g/mol. The third kappa shape index (κ3) is 2.54. The first kappa shape index (κ1) is 13.8. The molecule has 2 N–H and O–H groups in total. The van der Waals surface area contributed by atoms with Gasteiger partial charge in [0.15, 0.2) is 5.82 Å². The number of nitrogens with two attached hydrogens (primary N) is 1. The molecular formula is C13H22ClN3O. The molecule has 4 nitrogen and oxygen atoms in total. The van der Waals surface area contributed by atoms with Crippen LogP contribution in [0, 0.1) is 11.8 Å². The van der Waals surface area contributed by atoms with E-state index >= 15 is 0 Å². The normalized spacial score (nSPS) is 29.7. The number of hydrogen-bond donors (Lipinski definition) is 1. The van der Waals surface area contributed by atoms with Crippen molar-refractivity contribution in [1.82, 2.24) is 10.1 Å². The lowest BCUT2D eigenvalue weighted by Crippen LogP contribution is -2.44. The van der Waals surface area contributed by atoms with Gasteiger partial charge in [-0.15, -0.1) is 12.4 Å². The van der Waals surface area contributed by atoms with E-state index in [9.17, 15) is 0 Å². The number of nitrogens with zero attached hydrogens (tertiary/aromatic N) is 2. The highest BCUT2D eigenvalue weighted by Gasteiger charge is 2.39. The molecule has 3 rings (SSSR count). The van der Waals surface area contributed by atoms with Gasteiger partial charge in [0.25, 0.3) is 0 Å². The summed E-state index contributed by atoms with van der Waals surface area (Å²) in [5, 5.41) is 4.06. The maximum absolute atomic E-state index is 6.18. The standard InChI is InChI=1S/C13H21N3O.ClH/c1-9-3-4-10(7-9)8-11-15-12(16-17-11)13(14)5-2-6-13;/h9-10H,2-8,14H2,1H3;1H. The van der Waals surface area contributed by atoms with E-state index in [1.165, 1.54) is 25.7 Å². The highest BCUT2D eigenvalue weighted by atomic mass is 35.5. The lowest BCUT2D eigenvalue weighted by Gasteiger charge is -2.34. The molecule has 2 fully saturated rings. The smallest absolute Gasteiger partial charge is 0.226 e. The molecule has 2 saturated carbocycles. The quantitative estimate of drug-likeness (QED) is 0.918. The minimum absolute atomic E-state index is 0. The summed E-state index contributed by atoms with van der Waals surface area (Å²) in [6.07, 6.45) is 8.04. The SMILES string of the molecule is CC1CCC(Cc2nc(C3(N)CCC3)no2)C1.Cl. The largest absolute Gasteiger partial charge is 0.339 e. The van der Waals surface area contributed by atoms with Crippen molar-refractivity contribution in [2.45, 2.75) is 57.4 Å². The van der Waals surface area contributed by atoms with E-state index < -0.39 is 0 Å². The summed E-state index contributed by atoms with van der Waals surface area (Å²) < 4.78 is 5.34. The van der Waals surface area contributed by atoms with Crippen LogP contribution >= 0.6 is 12.4 Å². The van der Waals surface area contributed by atoms with Crippen molar-refractivity contribution in [2.24, 2.45) is 17.6 Å². The van der Waals surface area contributed by atoms with Crippen molar-refractivity contribution in [1.29, 1.82) is 0 Å². The molecule has 2 atom stereocenters. The Hall–Kier alpha value is -0.610. The van der Waals surface area contributed by atoms with Crippen molar-refractivity contribution in [2.75, 3.05) is 0 Å². The molecule has 0 bridgehead atoms. The molecule has 2 aliphatic rings. The first-order valence-corrected chi connectivity index (χ1v) is 6.78. The molecule has 102 valence electrons. The van der Waals surface area contributed by atoms with Gasteiger partial charge in [0.2, 0.25) is 5.89 Å². The second kappa shape index (κ2) is 5.17. The molecule has 0 amide bonds. The van der Waals surface area contributed by atoms with Crippen molar-refractivity contribution < 1.29 is 4.52 Å². The highest BCUT2D eigenvalue weighted by molar-refractivity contribution is 5.85. The average molecular weight is 272 g/mol. The molecule has 1 heterocycles. The lowest BCUT2D eigenvalue weighted by molar-refractivity contribution is 0.228. The van der Waals surface area contributed by atoms with Crippen molar-refractivity contribution in [3.05, 3.63) is 11.7 Å². The summed E-state index contributed by atoms with van der Waals surface area (Å²) in [7, 11) is 0. The van der Waals surface area contributed by atoms with Gasteiger partial charge < -0.3 is 10.3 Å². The number of halogens is 1. The third-order valence-electron chi connectivity index (χ3n) is 4.43. The van der Waals surface area contributed by atoms with E-state index in [1.807, 2.05) is 0 Å². The molecule has 18 heavy (non-hydrogen) atoms. The van der Waals surface area contributed by atoms with Crippen LogP contribution in [0.5, 0.6) is 0 Å². The van der Waals surface area contributed by atoms with Crippen LogP contribution < -0.4 is 5.73 Å². The molecule has 0 aliphatic heterocycles. The van der Waals surface area contributed by atoms with E-state index in [1.54, 1.807) is 0 Å². The zero-order valence-electron chi connectivity index (χ0n) is 10.9. The van der Waals surface area contributed by atoms with E-state index in [-0.39, 0.29) is 17.9 Å². The van der Waals surface area contributed by atoms with Crippen LogP contribution in [0.4, 0.5) is 0 Å². The van der Waals surface area contributed by atoms with Crippen molar-refractivity contribution in [3.63, 3.8) is 0 Å². The zero-order valence-corrected chi connectivity index (χ0v) is 11.7. The van der Waals surface area contributed by atoms with Crippen LogP contribution in [0.3, 0.4) is 0 Å². The number of rotatable bonds is 3. The Labute approximate surface area is 114 Å². The zero-order chi connectivity index (χ0) is 11.9. The number of hydrogen-bond acceptors (Lipinski definition) is 4. The van der Waals surface area contributed by atoms with Gasteiger partial charge in [-0.25, -0.2) is 0 Å². The van der Waals surface area contributed by atoms with Gasteiger partial charge in [0.05, 0.1) is 5.54 Å². The van der Waals surface area contributed by atoms with E-state index in [0.717, 1.165) is 42.8 Å². The van der Waals surface area contributed by atoms with E-state index in [2.05, 4.69) is 17.1 Å².